The molecule has 0 aromatic heterocycles. The van der Waals surface area contributed by atoms with Crippen molar-refractivity contribution in [3.05, 3.63) is 12.7 Å². The van der Waals surface area contributed by atoms with E-state index in [1.165, 1.54) is 11.0 Å². The molecule has 2 atom stereocenters. The van der Waals surface area contributed by atoms with Crippen LogP contribution in [0, 0.1) is 5.92 Å². The number of hydrogen-bond donors (Lipinski definition) is 2. The third-order valence-corrected chi connectivity index (χ3v) is 3.38. The van der Waals surface area contributed by atoms with Crippen molar-refractivity contribution in [1.82, 2.24) is 15.1 Å². The zero-order valence-electron chi connectivity index (χ0n) is 11.6. The number of carboxylic acid groups (broad SMARTS) is 1. The van der Waals surface area contributed by atoms with Crippen LogP contribution in [0.25, 0.3) is 0 Å². The Kier molecular flexibility index (Phi) is 5.82. The molecule has 0 radical (unpaired) electrons. The third kappa shape index (κ3) is 4.90. The lowest BCUT2D eigenvalue weighted by Crippen LogP contribution is -2.53. The first-order valence-corrected chi connectivity index (χ1v) is 6.50. The monoisotopic (exact) mass is 269 g/mol. The largest absolute Gasteiger partial charge is 0.480 e. The maximum Gasteiger partial charge on any atom is 0.323 e. The van der Waals surface area contributed by atoms with Crippen LogP contribution in [0.15, 0.2) is 12.7 Å². The van der Waals surface area contributed by atoms with Crippen LogP contribution in [-0.4, -0.2) is 66.2 Å². The minimum Gasteiger partial charge on any atom is -0.480 e. The smallest absolute Gasteiger partial charge is 0.323 e. The number of nitrogens with zero attached hydrogens (tertiary/aromatic N) is 2. The fourth-order valence-corrected chi connectivity index (χ4v) is 2.36. The van der Waals surface area contributed by atoms with Crippen molar-refractivity contribution in [1.29, 1.82) is 0 Å². The molecule has 2 unspecified atom stereocenters. The number of carbonyl (C=O) groups is 2. The summed E-state index contributed by atoms with van der Waals surface area (Å²) >= 11 is 0. The molecule has 0 aliphatic carbocycles. The molecule has 1 saturated heterocycles. The van der Waals surface area contributed by atoms with E-state index in [-0.39, 0.29) is 25.2 Å². The molecular formula is C13H23N3O3. The average molecular weight is 269 g/mol. The number of likely N-dealkylation sites (tertiary alicyclic amines) is 1. The highest BCUT2D eigenvalue weighted by Gasteiger charge is 2.27. The maximum atomic E-state index is 12.1. The average Bonchev–Trinajstić information content (AvgIpc) is 2.31. The lowest BCUT2D eigenvalue weighted by Gasteiger charge is -2.36. The standard InChI is InChI=1S/C13H23N3O3/c1-4-6-16(9-12(17)18)13(19)14-11-5-7-15(3)8-10(11)2/h4,10-11H,1,5-9H2,2-3H3,(H,14,19)(H,17,18). The summed E-state index contributed by atoms with van der Waals surface area (Å²) in [5.74, 6) is -0.661. The highest BCUT2D eigenvalue weighted by atomic mass is 16.4. The van der Waals surface area contributed by atoms with Crippen molar-refractivity contribution < 1.29 is 14.7 Å². The van der Waals surface area contributed by atoms with Crippen LogP contribution in [0.3, 0.4) is 0 Å². The summed E-state index contributed by atoms with van der Waals surface area (Å²) in [5, 5.41) is 11.7. The van der Waals surface area contributed by atoms with Crippen molar-refractivity contribution in [3.63, 3.8) is 0 Å². The Hall–Kier alpha value is -1.56. The predicted octanol–water partition coefficient (Wildman–Crippen LogP) is 0.609. The molecule has 1 fully saturated rings. The molecule has 2 N–H and O–H groups in total. The van der Waals surface area contributed by atoms with Crippen molar-refractivity contribution >= 4 is 12.0 Å². The summed E-state index contributed by atoms with van der Waals surface area (Å²) in [7, 11) is 2.06. The Balaban J connectivity index is 2.55. The van der Waals surface area contributed by atoms with Crippen molar-refractivity contribution in [2.45, 2.75) is 19.4 Å². The van der Waals surface area contributed by atoms with Crippen molar-refractivity contribution in [2.24, 2.45) is 5.92 Å². The molecule has 1 aliphatic rings. The van der Waals surface area contributed by atoms with Gasteiger partial charge in [0.1, 0.15) is 6.54 Å². The Morgan fingerprint density at radius 2 is 2.26 bits per heavy atom. The molecule has 0 aromatic carbocycles. The summed E-state index contributed by atoms with van der Waals surface area (Å²) in [6.45, 7) is 7.44. The van der Waals surface area contributed by atoms with Crippen LogP contribution in [0.5, 0.6) is 0 Å². The second kappa shape index (κ2) is 7.13. The second-order valence-corrected chi connectivity index (χ2v) is 5.15. The Labute approximate surface area is 114 Å². The van der Waals surface area contributed by atoms with Crippen LogP contribution in [-0.2, 0) is 4.79 Å². The fourth-order valence-electron chi connectivity index (χ4n) is 2.36. The lowest BCUT2D eigenvalue weighted by molar-refractivity contribution is -0.137. The second-order valence-electron chi connectivity index (χ2n) is 5.15. The van der Waals surface area contributed by atoms with E-state index in [1.54, 1.807) is 0 Å². The fraction of sp³-hybridized carbons (Fsp3) is 0.692. The van der Waals surface area contributed by atoms with Gasteiger partial charge in [0.2, 0.25) is 0 Å². The first-order chi connectivity index (χ1) is 8.93. The summed E-state index contributed by atoms with van der Waals surface area (Å²) in [5.41, 5.74) is 0. The molecule has 6 nitrogen and oxygen atoms in total. The number of carbonyl (C=O) groups excluding carboxylic acids is 1. The van der Waals surface area contributed by atoms with Gasteiger partial charge in [-0.1, -0.05) is 13.0 Å². The van der Waals surface area contributed by atoms with E-state index < -0.39 is 5.97 Å². The van der Waals surface area contributed by atoms with Crippen LogP contribution in [0.2, 0.25) is 0 Å². The molecule has 0 bridgehead atoms. The highest BCUT2D eigenvalue weighted by molar-refractivity contribution is 5.80. The minimum absolute atomic E-state index is 0.102. The number of aliphatic carboxylic acids is 1. The molecule has 0 spiro atoms. The molecule has 0 saturated carbocycles. The minimum atomic E-state index is -1.02. The van der Waals surface area contributed by atoms with E-state index in [9.17, 15) is 9.59 Å². The number of piperidine rings is 1. The Bertz CT molecular complexity index is 346. The van der Waals surface area contributed by atoms with Gasteiger partial charge >= 0.3 is 12.0 Å². The molecule has 1 heterocycles. The first kappa shape index (κ1) is 15.5. The van der Waals surface area contributed by atoms with Crippen molar-refractivity contribution in [3.8, 4) is 0 Å². The summed E-state index contributed by atoms with van der Waals surface area (Å²) in [4.78, 5) is 26.3. The van der Waals surface area contributed by atoms with Crippen molar-refractivity contribution in [2.75, 3.05) is 33.2 Å². The van der Waals surface area contributed by atoms with Crippen LogP contribution < -0.4 is 5.32 Å². The van der Waals surface area contributed by atoms with Gasteiger partial charge in [-0.2, -0.15) is 0 Å². The molecule has 108 valence electrons. The summed E-state index contributed by atoms with van der Waals surface area (Å²) < 4.78 is 0. The SMILES string of the molecule is C=CCN(CC(=O)O)C(=O)NC1CCN(C)CC1C. The number of amides is 2. The third-order valence-electron chi connectivity index (χ3n) is 3.38. The Morgan fingerprint density at radius 3 is 2.79 bits per heavy atom. The molecular weight excluding hydrogens is 246 g/mol. The van der Waals surface area contributed by atoms with E-state index in [4.69, 9.17) is 5.11 Å². The van der Waals surface area contributed by atoms with E-state index in [1.807, 2.05) is 0 Å². The first-order valence-electron chi connectivity index (χ1n) is 6.50. The number of carboxylic acids is 1. The van der Waals surface area contributed by atoms with Gasteiger partial charge in [0, 0.05) is 19.1 Å². The number of rotatable bonds is 5. The molecule has 19 heavy (non-hydrogen) atoms. The quantitative estimate of drug-likeness (QED) is 0.717. The van der Waals surface area contributed by atoms with Gasteiger partial charge in [-0.3, -0.25) is 4.79 Å². The molecule has 1 rings (SSSR count). The normalized spacial score (nSPS) is 23.7. The van der Waals surface area contributed by atoms with Gasteiger partial charge in [-0.15, -0.1) is 6.58 Å². The number of hydrogen-bond acceptors (Lipinski definition) is 3. The Morgan fingerprint density at radius 1 is 1.58 bits per heavy atom. The predicted molar refractivity (Wildman–Crippen MR) is 73.0 cm³/mol. The molecule has 2 amide bonds. The van der Waals surface area contributed by atoms with E-state index in [2.05, 4.69) is 30.8 Å². The summed E-state index contributed by atoms with van der Waals surface area (Å²) in [6, 6.07) is -0.228. The van der Waals surface area contributed by atoms with Gasteiger partial charge in [0.15, 0.2) is 0 Å². The molecule has 0 aromatic rings. The van der Waals surface area contributed by atoms with Crippen LogP contribution >= 0.6 is 0 Å². The van der Waals surface area contributed by atoms with Gasteiger partial charge in [-0.05, 0) is 25.9 Å². The van der Waals surface area contributed by atoms with Gasteiger partial charge in [0.25, 0.3) is 0 Å². The van der Waals surface area contributed by atoms with E-state index in [0.717, 1.165) is 19.5 Å². The van der Waals surface area contributed by atoms with E-state index >= 15 is 0 Å². The lowest BCUT2D eigenvalue weighted by atomic mass is 9.94. The number of urea groups is 1. The molecule has 1 aliphatic heterocycles. The zero-order valence-corrected chi connectivity index (χ0v) is 11.6. The van der Waals surface area contributed by atoms with E-state index in [0.29, 0.717) is 5.92 Å². The van der Waals surface area contributed by atoms with Crippen LogP contribution in [0.4, 0.5) is 4.79 Å². The van der Waals surface area contributed by atoms with Gasteiger partial charge < -0.3 is 20.2 Å². The molecule has 6 heteroatoms. The van der Waals surface area contributed by atoms with Gasteiger partial charge in [-0.25, -0.2) is 4.79 Å². The van der Waals surface area contributed by atoms with Crippen LogP contribution in [0.1, 0.15) is 13.3 Å². The summed E-state index contributed by atoms with van der Waals surface area (Å²) in [6.07, 6.45) is 2.42. The maximum absolute atomic E-state index is 12.1. The number of nitrogens with one attached hydrogen (secondary N) is 1. The highest BCUT2D eigenvalue weighted by Crippen LogP contribution is 2.15. The van der Waals surface area contributed by atoms with Gasteiger partial charge in [0.05, 0.1) is 0 Å². The topological polar surface area (TPSA) is 72.9 Å². The zero-order chi connectivity index (χ0) is 14.4.